The predicted octanol–water partition coefficient (Wildman–Crippen LogP) is 2.28. The van der Waals surface area contributed by atoms with Gasteiger partial charge in [0.15, 0.2) is 0 Å². The first-order chi connectivity index (χ1) is 7.74. The highest BCUT2D eigenvalue weighted by Gasteiger charge is 2.04. The van der Waals surface area contributed by atoms with Crippen molar-refractivity contribution in [3.05, 3.63) is 33.5 Å². The molecule has 16 heavy (non-hydrogen) atoms. The molecule has 2 aromatic rings. The van der Waals surface area contributed by atoms with Gasteiger partial charge < -0.3 is 5.32 Å². The molecule has 0 radical (unpaired) electrons. The van der Waals surface area contributed by atoms with Crippen molar-refractivity contribution in [1.82, 2.24) is 20.1 Å². The Kier molecular flexibility index (Phi) is 4.09. The lowest BCUT2D eigenvalue weighted by Crippen LogP contribution is -2.29. The molecule has 0 saturated heterocycles. The van der Waals surface area contributed by atoms with Gasteiger partial charge in [-0.2, -0.15) is 5.10 Å². The average Bonchev–Trinajstić information content (AvgIpc) is 2.87. The summed E-state index contributed by atoms with van der Waals surface area (Å²) in [7, 11) is 0. The zero-order chi connectivity index (χ0) is 11.4. The summed E-state index contributed by atoms with van der Waals surface area (Å²) in [6, 6.07) is 2.52. The van der Waals surface area contributed by atoms with Crippen molar-refractivity contribution in [2.45, 2.75) is 26.1 Å². The quantitative estimate of drug-likeness (QED) is 0.921. The van der Waals surface area contributed by atoms with E-state index in [0.717, 1.165) is 17.6 Å². The molecule has 0 aromatic carbocycles. The molecule has 2 heterocycles. The molecular formula is C10H13BrN4S. The molecule has 0 aliphatic heterocycles. The molecule has 6 heteroatoms. The number of nitrogens with one attached hydrogen (secondary N) is 1. The number of nitrogens with zero attached hydrogens (tertiary/aromatic N) is 3. The Morgan fingerprint density at radius 1 is 1.62 bits per heavy atom. The lowest BCUT2D eigenvalue weighted by Gasteiger charge is -2.12. The fourth-order valence-corrected chi connectivity index (χ4v) is 2.80. The Hall–Kier alpha value is -0.720. The molecule has 0 aliphatic rings. The highest BCUT2D eigenvalue weighted by molar-refractivity contribution is 9.10. The first kappa shape index (κ1) is 11.8. The van der Waals surface area contributed by atoms with E-state index in [1.165, 1.54) is 4.88 Å². The largest absolute Gasteiger partial charge is 0.308 e. The van der Waals surface area contributed by atoms with Crippen molar-refractivity contribution < 1.29 is 0 Å². The highest BCUT2D eigenvalue weighted by Crippen LogP contribution is 2.19. The molecule has 2 rings (SSSR count). The Balaban J connectivity index is 1.77. The minimum Gasteiger partial charge on any atom is -0.308 e. The molecule has 86 valence electrons. The van der Waals surface area contributed by atoms with E-state index in [1.807, 2.05) is 4.68 Å². The summed E-state index contributed by atoms with van der Waals surface area (Å²) >= 11 is 5.20. The van der Waals surface area contributed by atoms with Gasteiger partial charge in [0.2, 0.25) is 0 Å². The van der Waals surface area contributed by atoms with E-state index in [2.05, 4.69) is 49.7 Å². The number of hydrogen-bond donors (Lipinski definition) is 1. The molecule has 0 amide bonds. The maximum absolute atomic E-state index is 4.08. The predicted molar refractivity (Wildman–Crippen MR) is 68.3 cm³/mol. The zero-order valence-electron chi connectivity index (χ0n) is 8.93. The summed E-state index contributed by atoms with van der Waals surface area (Å²) < 4.78 is 2.99. The Morgan fingerprint density at radius 2 is 2.50 bits per heavy atom. The molecule has 0 aliphatic carbocycles. The highest BCUT2D eigenvalue weighted by atomic mass is 79.9. The van der Waals surface area contributed by atoms with Crippen LogP contribution in [-0.4, -0.2) is 20.8 Å². The number of thiophene rings is 1. The lowest BCUT2D eigenvalue weighted by atomic mass is 10.3. The third-order valence-electron chi connectivity index (χ3n) is 2.17. The van der Waals surface area contributed by atoms with Crippen LogP contribution in [0.4, 0.5) is 0 Å². The number of rotatable bonds is 5. The molecule has 1 unspecified atom stereocenters. The summed E-state index contributed by atoms with van der Waals surface area (Å²) in [6.07, 6.45) is 3.29. The SMILES string of the molecule is CC(Cn1cncn1)NCc1cc(Br)cs1. The Labute approximate surface area is 107 Å². The van der Waals surface area contributed by atoms with Crippen molar-refractivity contribution in [2.24, 2.45) is 0 Å². The molecule has 0 bridgehead atoms. The molecule has 0 spiro atoms. The summed E-state index contributed by atoms with van der Waals surface area (Å²) in [6.45, 7) is 3.88. The average molecular weight is 301 g/mol. The van der Waals surface area contributed by atoms with E-state index in [1.54, 1.807) is 24.0 Å². The van der Waals surface area contributed by atoms with Crippen molar-refractivity contribution in [3.8, 4) is 0 Å². The smallest absolute Gasteiger partial charge is 0.137 e. The van der Waals surface area contributed by atoms with E-state index in [9.17, 15) is 0 Å². The van der Waals surface area contributed by atoms with Crippen LogP contribution in [0.3, 0.4) is 0 Å². The van der Waals surface area contributed by atoms with Gasteiger partial charge in [0.25, 0.3) is 0 Å². The fraction of sp³-hybridized carbons (Fsp3) is 0.400. The summed E-state index contributed by atoms with van der Waals surface area (Å²) in [5.41, 5.74) is 0. The standard InChI is InChI=1S/C10H13BrN4S/c1-8(4-15-7-12-6-14-15)13-3-10-2-9(11)5-16-10/h2,5-8,13H,3-4H2,1H3. The van der Waals surface area contributed by atoms with Gasteiger partial charge in [-0.1, -0.05) is 0 Å². The van der Waals surface area contributed by atoms with Gasteiger partial charge in [-0.25, -0.2) is 4.98 Å². The normalized spacial score (nSPS) is 12.9. The van der Waals surface area contributed by atoms with E-state index in [-0.39, 0.29) is 0 Å². The number of aromatic nitrogens is 3. The minimum atomic E-state index is 0.377. The van der Waals surface area contributed by atoms with Crippen LogP contribution in [0.15, 0.2) is 28.6 Å². The van der Waals surface area contributed by atoms with Gasteiger partial charge in [0.05, 0.1) is 6.54 Å². The van der Waals surface area contributed by atoms with E-state index in [0.29, 0.717) is 6.04 Å². The maximum Gasteiger partial charge on any atom is 0.137 e. The van der Waals surface area contributed by atoms with Gasteiger partial charge in [-0.3, -0.25) is 4.68 Å². The maximum atomic E-state index is 4.08. The van der Waals surface area contributed by atoms with Crippen molar-refractivity contribution in [2.75, 3.05) is 0 Å². The Bertz CT molecular complexity index is 426. The topological polar surface area (TPSA) is 42.7 Å². The molecule has 1 N–H and O–H groups in total. The van der Waals surface area contributed by atoms with Gasteiger partial charge in [-0.15, -0.1) is 11.3 Å². The van der Waals surface area contributed by atoms with Crippen molar-refractivity contribution in [1.29, 1.82) is 0 Å². The van der Waals surface area contributed by atoms with Gasteiger partial charge >= 0.3 is 0 Å². The van der Waals surface area contributed by atoms with Crippen LogP contribution in [0.5, 0.6) is 0 Å². The van der Waals surface area contributed by atoms with Crippen molar-refractivity contribution in [3.63, 3.8) is 0 Å². The van der Waals surface area contributed by atoms with Crippen LogP contribution in [0.1, 0.15) is 11.8 Å². The van der Waals surface area contributed by atoms with Crippen LogP contribution in [0.25, 0.3) is 0 Å². The van der Waals surface area contributed by atoms with Crippen LogP contribution in [-0.2, 0) is 13.1 Å². The zero-order valence-corrected chi connectivity index (χ0v) is 11.3. The number of hydrogen-bond acceptors (Lipinski definition) is 4. The van der Waals surface area contributed by atoms with Crippen LogP contribution in [0, 0.1) is 0 Å². The van der Waals surface area contributed by atoms with Gasteiger partial charge in [0.1, 0.15) is 12.7 Å². The van der Waals surface area contributed by atoms with Crippen LogP contribution >= 0.6 is 27.3 Å². The van der Waals surface area contributed by atoms with E-state index < -0.39 is 0 Å². The second kappa shape index (κ2) is 5.56. The second-order valence-electron chi connectivity index (χ2n) is 3.63. The van der Waals surface area contributed by atoms with Crippen LogP contribution < -0.4 is 5.32 Å². The van der Waals surface area contributed by atoms with Crippen LogP contribution in [0.2, 0.25) is 0 Å². The van der Waals surface area contributed by atoms with Gasteiger partial charge in [0, 0.05) is 27.3 Å². The third-order valence-corrected chi connectivity index (χ3v) is 3.87. The summed E-state index contributed by atoms with van der Waals surface area (Å²) in [4.78, 5) is 5.25. The molecule has 1 atom stereocenters. The van der Waals surface area contributed by atoms with Crippen molar-refractivity contribution >= 4 is 27.3 Å². The molecular weight excluding hydrogens is 288 g/mol. The lowest BCUT2D eigenvalue weighted by molar-refractivity contribution is 0.451. The monoisotopic (exact) mass is 300 g/mol. The molecule has 0 fully saturated rings. The first-order valence-corrected chi connectivity index (χ1v) is 6.70. The van der Waals surface area contributed by atoms with E-state index >= 15 is 0 Å². The van der Waals surface area contributed by atoms with Gasteiger partial charge in [-0.05, 0) is 28.9 Å². The fourth-order valence-electron chi connectivity index (χ4n) is 1.39. The summed E-state index contributed by atoms with van der Waals surface area (Å²) in [5, 5.41) is 9.62. The second-order valence-corrected chi connectivity index (χ2v) is 5.54. The van der Waals surface area contributed by atoms with E-state index in [4.69, 9.17) is 0 Å². The molecule has 0 saturated carbocycles. The third kappa shape index (κ3) is 3.40. The minimum absolute atomic E-state index is 0.377. The number of halogens is 1. The first-order valence-electron chi connectivity index (χ1n) is 5.03. The summed E-state index contributed by atoms with van der Waals surface area (Å²) in [5.74, 6) is 0. The molecule has 4 nitrogen and oxygen atoms in total. The Morgan fingerprint density at radius 3 is 3.12 bits per heavy atom. The molecule has 2 aromatic heterocycles.